The van der Waals surface area contributed by atoms with E-state index in [4.69, 9.17) is 33.1 Å². The normalized spacial score (nSPS) is 20.3. The van der Waals surface area contributed by atoms with Crippen LogP contribution in [0.15, 0.2) is 74.1 Å². The Morgan fingerprint density at radius 3 is 2.75 bits per heavy atom. The van der Waals surface area contributed by atoms with Crippen molar-refractivity contribution in [3.8, 4) is 0 Å². The average Bonchev–Trinajstić information content (AvgIpc) is 3.21. The van der Waals surface area contributed by atoms with Gasteiger partial charge in [-0.05, 0) is 67.0 Å². The summed E-state index contributed by atoms with van der Waals surface area (Å²) >= 11 is 7.88. The number of hydrogen-bond acceptors (Lipinski definition) is 9. The van der Waals surface area contributed by atoms with Gasteiger partial charge in [0, 0.05) is 43.1 Å². The lowest BCUT2D eigenvalue weighted by atomic mass is 9.76. The van der Waals surface area contributed by atoms with E-state index in [2.05, 4.69) is 20.9 Å². The second kappa shape index (κ2) is 8.97. The fourth-order valence-electron chi connectivity index (χ4n) is 5.34. The number of pyridine rings is 2. The van der Waals surface area contributed by atoms with Crippen LogP contribution in [0.25, 0.3) is 0 Å². The topological polar surface area (TPSA) is 109 Å². The van der Waals surface area contributed by atoms with Gasteiger partial charge in [0.25, 0.3) is 0 Å². The van der Waals surface area contributed by atoms with Gasteiger partial charge in [-0.25, -0.2) is 20.0 Å². The van der Waals surface area contributed by atoms with Crippen LogP contribution in [0, 0.1) is 5.41 Å². The predicted molar refractivity (Wildman–Crippen MR) is 147 cm³/mol. The van der Waals surface area contributed by atoms with Crippen LogP contribution >= 0.6 is 23.4 Å². The van der Waals surface area contributed by atoms with Gasteiger partial charge in [-0.1, -0.05) is 29.4 Å². The third kappa shape index (κ3) is 4.16. The molecule has 4 N–H and O–H groups in total. The second-order valence-corrected chi connectivity index (χ2v) is 11.1. The van der Waals surface area contributed by atoms with Gasteiger partial charge in [0.2, 0.25) is 0 Å². The zero-order valence-electron chi connectivity index (χ0n) is 20.0. The molecule has 8 nitrogen and oxygen atoms in total. The Kier molecular flexibility index (Phi) is 5.76. The van der Waals surface area contributed by atoms with Crippen molar-refractivity contribution < 1.29 is 0 Å². The highest BCUT2D eigenvalue weighted by Gasteiger charge is 2.41. The number of likely N-dealkylation sites (tertiary alicyclic amines) is 1. The minimum Gasteiger partial charge on any atom is -0.384 e. The van der Waals surface area contributed by atoms with E-state index >= 15 is 0 Å². The first-order valence-corrected chi connectivity index (χ1v) is 13.2. The number of allylic oxidation sites excluding steroid dienone is 2. The maximum absolute atomic E-state index is 6.37. The molecule has 2 aromatic rings. The number of likely N-dealkylation sites (N-methyl/N-ethyl adjacent to an activating group) is 1. The van der Waals surface area contributed by atoms with Crippen molar-refractivity contribution in [2.75, 3.05) is 31.6 Å². The molecule has 0 radical (unpaired) electrons. The number of fused-ring (bicyclic) bond motifs is 3. The molecule has 10 heteroatoms. The van der Waals surface area contributed by atoms with Crippen molar-refractivity contribution in [1.82, 2.24) is 19.8 Å². The van der Waals surface area contributed by atoms with E-state index in [1.807, 2.05) is 48.5 Å². The van der Waals surface area contributed by atoms with E-state index in [1.54, 1.807) is 6.20 Å². The van der Waals surface area contributed by atoms with Crippen LogP contribution in [-0.4, -0.2) is 52.0 Å². The fourth-order valence-corrected chi connectivity index (χ4v) is 6.55. The summed E-state index contributed by atoms with van der Waals surface area (Å²) in [6.07, 6.45) is 13.9. The number of halogens is 1. The smallest absolute Gasteiger partial charge is 0.147 e. The molecule has 0 saturated carbocycles. The van der Waals surface area contributed by atoms with Gasteiger partial charge >= 0.3 is 0 Å². The fraction of sp³-hybridized carbons (Fsp3) is 0.308. The number of nitrogens with two attached hydrogens (primary N) is 2. The van der Waals surface area contributed by atoms with E-state index in [0.29, 0.717) is 16.7 Å². The van der Waals surface area contributed by atoms with Gasteiger partial charge < -0.3 is 21.3 Å². The molecule has 36 heavy (non-hydrogen) atoms. The van der Waals surface area contributed by atoms with E-state index in [1.165, 1.54) is 23.0 Å². The van der Waals surface area contributed by atoms with Crippen molar-refractivity contribution in [2.24, 2.45) is 15.4 Å². The molecule has 1 spiro atoms. The maximum atomic E-state index is 6.37. The van der Waals surface area contributed by atoms with Gasteiger partial charge in [-0.15, -0.1) is 0 Å². The van der Waals surface area contributed by atoms with Crippen molar-refractivity contribution in [2.45, 2.75) is 30.6 Å². The van der Waals surface area contributed by atoms with Gasteiger partial charge in [-0.3, -0.25) is 0 Å². The number of amidine groups is 1. The molecule has 3 aliphatic heterocycles. The summed E-state index contributed by atoms with van der Waals surface area (Å²) in [4.78, 5) is 24.6. The van der Waals surface area contributed by atoms with Gasteiger partial charge in [0.05, 0.1) is 9.93 Å². The number of aliphatic imine (C=N–C) groups is 2. The zero-order valence-corrected chi connectivity index (χ0v) is 21.6. The number of hydrogen-bond donors (Lipinski definition) is 2. The number of nitrogens with zero attached hydrogens (tertiary/aromatic N) is 6. The van der Waals surface area contributed by atoms with Crippen molar-refractivity contribution >= 4 is 47.0 Å². The summed E-state index contributed by atoms with van der Waals surface area (Å²) in [6.45, 7) is 1.91. The Bertz CT molecular complexity index is 1380. The van der Waals surface area contributed by atoms with Crippen LogP contribution < -0.4 is 11.5 Å². The highest BCUT2D eigenvalue weighted by Crippen LogP contribution is 2.45. The first kappa shape index (κ1) is 23.1. The zero-order chi connectivity index (χ0) is 24.9. The third-order valence-electron chi connectivity index (χ3n) is 7.36. The first-order valence-electron chi connectivity index (χ1n) is 12.0. The van der Waals surface area contributed by atoms with Crippen LogP contribution in [-0.2, 0) is 12.8 Å². The molecule has 0 unspecified atom stereocenters. The third-order valence-corrected chi connectivity index (χ3v) is 8.97. The summed E-state index contributed by atoms with van der Waals surface area (Å²) in [6, 6.07) is 5.93. The summed E-state index contributed by atoms with van der Waals surface area (Å²) < 4.78 is 0. The van der Waals surface area contributed by atoms with E-state index in [9.17, 15) is 0 Å². The van der Waals surface area contributed by atoms with Crippen LogP contribution in [0.2, 0.25) is 5.02 Å². The standard InChI is InChI=1S/C26H27ClN8S/c1-34-21-5-3-19(36-18-6-10-30-24(29)23(18)27)25(34)31-11-7-22(33-21)35-12-8-26(9-13-35)14-16-2-4-20(28)32-17(16)15-26/h2-7,10-11H,8-9,12-15H2,1H3,(H2,28,32)(H2,29,30). The van der Waals surface area contributed by atoms with Crippen LogP contribution in [0.5, 0.6) is 0 Å². The Hall–Kier alpha value is -3.30. The quantitative estimate of drug-likeness (QED) is 0.624. The number of nitrogen functional groups attached to an aromatic ring is 2. The number of aromatic nitrogens is 2. The Morgan fingerprint density at radius 1 is 1.08 bits per heavy atom. The van der Waals surface area contributed by atoms with Gasteiger partial charge in [-0.2, -0.15) is 0 Å². The minimum absolute atomic E-state index is 0.282. The van der Waals surface area contributed by atoms with Crippen LogP contribution in [0.1, 0.15) is 24.1 Å². The molecule has 0 atom stereocenters. The van der Waals surface area contributed by atoms with E-state index in [-0.39, 0.29) is 5.41 Å². The average molecular weight is 519 g/mol. The van der Waals surface area contributed by atoms with Crippen LogP contribution in [0.4, 0.5) is 11.6 Å². The minimum atomic E-state index is 0.282. The Balaban J connectivity index is 1.20. The van der Waals surface area contributed by atoms with E-state index < -0.39 is 0 Å². The monoisotopic (exact) mass is 518 g/mol. The summed E-state index contributed by atoms with van der Waals surface area (Å²) in [5.41, 5.74) is 14.6. The molecule has 5 heterocycles. The Morgan fingerprint density at radius 2 is 1.92 bits per heavy atom. The van der Waals surface area contributed by atoms with Gasteiger partial charge in [0.15, 0.2) is 0 Å². The largest absolute Gasteiger partial charge is 0.384 e. The van der Waals surface area contributed by atoms with Crippen molar-refractivity contribution in [3.05, 3.63) is 75.5 Å². The molecule has 0 amide bonds. The number of rotatable bonds is 3. The molecule has 1 saturated heterocycles. The van der Waals surface area contributed by atoms with Crippen molar-refractivity contribution in [3.63, 3.8) is 0 Å². The molecule has 1 fully saturated rings. The molecular weight excluding hydrogens is 492 g/mol. The second-order valence-electron chi connectivity index (χ2n) is 9.65. The lowest BCUT2D eigenvalue weighted by molar-refractivity contribution is 0.135. The molecule has 2 aromatic heterocycles. The summed E-state index contributed by atoms with van der Waals surface area (Å²) in [5.74, 6) is 3.55. The summed E-state index contributed by atoms with van der Waals surface area (Å²) in [5, 5.41) is 0.454. The molecule has 2 bridgehead atoms. The molecular formula is C26H27ClN8S. The number of anilines is 2. The summed E-state index contributed by atoms with van der Waals surface area (Å²) in [7, 11) is 1.99. The van der Waals surface area contributed by atoms with Gasteiger partial charge in [0.1, 0.15) is 29.1 Å². The molecule has 184 valence electrons. The lowest BCUT2D eigenvalue weighted by Crippen LogP contribution is -2.40. The number of thioether (sulfide) groups is 1. The number of piperidine rings is 1. The van der Waals surface area contributed by atoms with E-state index in [0.717, 1.165) is 66.1 Å². The highest BCUT2D eigenvalue weighted by atomic mass is 35.5. The highest BCUT2D eigenvalue weighted by molar-refractivity contribution is 8.03. The Labute approximate surface area is 219 Å². The molecule has 1 aliphatic carbocycles. The first-order chi connectivity index (χ1) is 17.4. The molecule has 0 aromatic carbocycles. The SMILES string of the molecule is CN1C2=NC(N3CCC4(CC3)Cc3ccc(N)nc3C4)=CC=NC1=C(Sc1ccnc(N)c1Cl)C=C2. The van der Waals surface area contributed by atoms with Crippen molar-refractivity contribution in [1.29, 1.82) is 0 Å². The molecule has 4 aliphatic rings. The molecule has 6 rings (SSSR count). The lowest BCUT2D eigenvalue weighted by Gasteiger charge is -2.40. The predicted octanol–water partition coefficient (Wildman–Crippen LogP) is 4.26. The van der Waals surface area contributed by atoms with Crippen LogP contribution in [0.3, 0.4) is 0 Å². The maximum Gasteiger partial charge on any atom is 0.147 e.